The molecule has 11 heavy (non-hydrogen) atoms. The van der Waals surface area contributed by atoms with Crippen LogP contribution in [0.25, 0.3) is 0 Å². The van der Waals surface area contributed by atoms with Crippen molar-refractivity contribution in [3.8, 4) is 0 Å². The van der Waals surface area contributed by atoms with Crippen LogP contribution in [0.4, 0.5) is 10.1 Å². The molecule has 60 valence electrons. The highest BCUT2D eigenvalue weighted by atomic mass is 19.1. The molecule has 0 heterocycles. The van der Waals surface area contributed by atoms with Gasteiger partial charge in [-0.3, -0.25) is 0 Å². The number of anilines is 1. The van der Waals surface area contributed by atoms with Crippen LogP contribution in [-0.2, 0) is 6.54 Å². The first-order valence-electron chi connectivity index (χ1n) is 3.39. The van der Waals surface area contributed by atoms with Crippen molar-refractivity contribution in [1.29, 1.82) is 0 Å². The fourth-order valence-electron chi connectivity index (χ4n) is 0.913. The van der Waals surface area contributed by atoms with E-state index in [4.69, 9.17) is 11.5 Å². The molecule has 3 heteroatoms. The fourth-order valence-corrected chi connectivity index (χ4v) is 0.913. The SMILES string of the molecule is Cc1cc(CN)c(F)cc1N. The maximum absolute atomic E-state index is 12.9. The molecule has 1 rings (SSSR count). The van der Waals surface area contributed by atoms with Crippen LogP contribution in [0.2, 0.25) is 0 Å². The summed E-state index contributed by atoms with van der Waals surface area (Å²) >= 11 is 0. The van der Waals surface area contributed by atoms with Gasteiger partial charge in [0.25, 0.3) is 0 Å². The van der Waals surface area contributed by atoms with Crippen LogP contribution in [0.1, 0.15) is 11.1 Å². The van der Waals surface area contributed by atoms with Gasteiger partial charge in [-0.25, -0.2) is 4.39 Å². The van der Waals surface area contributed by atoms with Crippen molar-refractivity contribution in [2.24, 2.45) is 5.73 Å². The largest absolute Gasteiger partial charge is 0.398 e. The Morgan fingerprint density at radius 2 is 2.09 bits per heavy atom. The normalized spacial score (nSPS) is 10.1. The van der Waals surface area contributed by atoms with E-state index in [2.05, 4.69) is 0 Å². The minimum absolute atomic E-state index is 0.215. The van der Waals surface area contributed by atoms with E-state index in [1.54, 1.807) is 6.07 Å². The van der Waals surface area contributed by atoms with E-state index in [1.165, 1.54) is 6.07 Å². The molecule has 0 radical (unpaired) electrons. The Hall–Kier alpha value is -1.09. The molecule has 0 saturated heterocycles. The van der Waals surface area contributed by atoms with Gasteiger partial charge in [0.05, 0.1) is 0 Å². The van der Waals surface area contributed by atoms with Crippen molar-refractivity contribution in [2.45, 2.75) is 13.5 Å². The molecule has 0 atom stereocenters. The average molecular weight is 154 g/mol. The lowest BCUT2D eigenvalue weighted by Gasteiger charge is -2.03. The molecule has 0 bridgehead atoms. The molecule has 0 aliphatic heterocycles. The molecule has 0 amide bonds. The number of nitrogens with two attached hydrogens (primary N) is 2. The first-order valence-corrected chi connectivity index (χ1v) is 3.39. The standard InChI is InChI=1S/C8H11FN2/c1-5-2-6(4-10)7(9)3-8(5)11/h2-3H,4,10-11H2,1H3. The Morgan fingerprint density at radius 3 is 2.64 bits per heavy atom. The molecule has 0 unspecified atom stereocenters. The number of halogens is 1. The first-order chi connectivity index (χ1) is 5.15. The summed E-state index contributed by atoms with van der Waals surface area (Å²) in [6.45, 7) is 2.04. The van der Waals surface area contributed by atoms with E-state index in [0.29, 0.717) is 11.3 Å². The van der Waals surface area contributed by atoms with E-state index in [-0.39, 0.29) is 12.4 Å². The van der Waals surface area contributed by atoms with Gasteiger partial charge in [-0.15, -0.1) is 0 Å². The van der Waals surface area contributed by atoms with Crippen molar-refractivity contribution in [3.63, 3.8) is 0 Å². The molecule has 0 aliphatic rings. The second kappa shape index (κ2) is 2.88. The van der Waals surface area contributed by atoms with Gasteiger partial charge in [-0.05, 0) is 24.6 Å². The fraction of sp³-hybridized carbons (Fsp3) is 0.250. The van der Waals surface area contributed by atoms with Gasteiger partial charge in [0.1, 0.15) is 5.82 Å². The van der Waals surface area contributed by atoms with E-state index < -0.39 is 0 Å². The van der Waals surface area contributed by atoms with Crippen LogP contribution >= 0.6 is 0 Å². The third kappa shape index (κ3) is 1.49. The quantitative estimate of drug-likeness (QED) is 0.597. The number of nitrogen functional groups attached to an aromatic ring is 1. The van der Waals surface area contributed by atoms with E-state index in [1.807, 2.05) is 6.92 Å². The van der Waals surface area contributed by atoms with E-state index in [0.717, 1.165) is 5.56 Å². The average Bonchev–Trinajstić information content (AvgIpc) is 1.97. The van der Waals surface area contributed by atoms with Gasteiger partial charge in [0, 0.05) is 17.8 Å². The predicted octanol–water partition coefficient (Wildman–Crippen LogP) is 1.18. The van der Waals surface area contributed by atoms with Gasteiger partial charge >= 0.3 is 0 Å². The maximum atomic E-state index is 12.9. The van der Waals surface area contributed by atoms with Gasteiger partial charge < -0.3 is 11.5 Å². The molecular weight excluding hydrogens is 143 g/mol. The third-order valence-electron chi connectivity index (χ3n) is 1.65. The molecule has 0 fully saturated rings. The van der Waals surface area contributed by atoms with Crippen LogP contribution in [0.5, 0.6) is 0 Å². The summed E-state index contributed by atoms with van der Waals surface area (Å²) in [5.41, 5.74) is 12.6. The summed E-state index contributed by atoms with van der Waals surface area (Å²) in [6, 6.07) is 2.97. The lowest BCUT2D eigenvalue weighted by atomic mass is 10.1. The Balaban J connectivity index is 3.21. The molecule has 0 aromatic heterocycles. The Morgan fingerprint density at radius 1 is 1.45 bits per heavy atom. The molecule has 2 nitrogen and oxygen atoms in total. The first kappa shape index (κ1) is 8.01. The monoisotopic (exact) mass is 154 g/mol. The smallest absolute Gasteiger partial charge is 0.129 e. The van der Waals surface area contributed by atoms with Crippen molar-refractivity contribution >= 4 is 5.69 Å². The zero-order valence-corrected chi connectivity index (χ0v) is 6.39. The zero-order chi connectivity index (χ0) is 8.43. The summed E-state index contributed by atoms with van der Waals surface area (Å²) in [4.78, 5) is 0. The number of hydrogen-bond donors (Lipinski definition) is 2. The highest BCUT2D eigenvalue weighted by Gasteiger charge is 2.02. The van der Waals surface area contributed by atoms with Crippen LogP contribution in [0.15, 0.2) is 12.1 Å². The molecule has 4 N–H and O–H groups in total. The molecular formula is C8H11FN2. The highest BCUT2D eigenvalue weighted by molar-refractivity contribution is 5.48. The summed E-state index contributed by atoms with van der Waals surface area (Å²) in [7, 11) is 0. The molecule has 0 saturated carbocycles. The van der Waals surface area contributed by atoms with Gasteiger partial charge in [-0.2, -0.15) is 0 Å². The number of rotatable bonds is 1. The summed E-state index contributed by atoms with van der Waals surface area (Å²) < 4.78 is 12.9. The van der Waals surface area contributed by atoms with Crippen LogP contribution in [0.3, 0.4) is 0 Å². The minimum Gasteiger partial charge on any atom is -0.398 e. The van der Waals surface area contributed by atoms with E-state index in [9.17, 15) is 4.39 Å². The topological polar surface area (TPSA) is 52.0 Å². The van der Waals surface area contributed by atoms with Crippen LogP contribution < -0.4 is 11.5 Å². The lowest BCUT2D eigenvalue weighted by molar-refractivity contribution is 0.611. The second-order valence-corrected chi connectivity index (χ2v) is 2.50. The Kier molecular flexibility index (Phi) is 2.10. The molecule has 1 aromatic rings. The number of aryl methyl sites for hydroxylation is 1. The van der Waals surface area contributed by atoms with Crippen molar-refractivity contribution in [2.75, 3.05) is 5.73 Å². The van der Waals surface area contributed by atoms with Crippen molar-refractivity contribution in [1.82, 2.24) is 0 Å². The van der Waals surface area contributed by atoms with Crippen molar-refractivity contribution < 1.29 is 4.39 Å². The molecule has 0 aliphatic carbocycles. The van der Waals surface area contributed by atoms with Crippen LogP contribution in [-0.4, -0.2) is 0 Å². The summed E-state index contributed by atoms with van der Waals surface area (Å²) in [5.74, 6) is -0.324. The minimum atomic E-state index is -0.324. The molecule has 1 aromatic carbocycles. The molecule has 0 spiro atoms. The van der Waals surface area contributed by atoms with E-state index >= 15 is 0 Å². The van der Waals surface area contributed by atoms with Crippen molar-refractivity contribution in [3.05, 3.63) is 29.1 Å². The Labute approximate surface area is 65.0 Å². The van der Waals surface area contributed by atoms with Gasteiger partial charge in [-0.1, -0.05) is 0 Å². The van der Waals surface area contributed by atoms with Gasteiger partial charge in [0.2, 0.25) is 0 Å². The summed E-state index contributed by atoms with van der Waals surface area (Å²) in [6.07, 6.45) is 0. The zero-order valence-electron chi connectivity index (χ0n) is 6.39. The number of hydrogen-bond acceptors (Lipinski definition) is 2. The maximum Gasteiger partial charge on any atom is 0.129 e. The predicted molar refractivity (Wildman–Crippen MR) is 43.4 cm³/mol. The second-order valence-electron chi connectivity index (χ2n) is 2.50. The number of benzene rings is 1. The van der Waals surface area contributed by atoms with Gasteiger partial charge in [0.15, 0.2) is 0 Å². The van der Waals surface area contributed by atoms with Crippen LogP contribution in [0, 0.1) is 12.7 Å². The lowest BCUT2D eigenvalue weighted by Crippen LogP contribution is -2.02. The summed E-state index contributed by atoms with van der Waals surface area (Å²) in [5, 5.41) is 0. The highest BCUT2D eigenvalue weighted by Crippen LogP contribution is 2.16. The third-order valence-corrected chi connectivity index (χ3v) is 1.65. The Bertz CT molecular complexity index is 271.